The van der Waals surface area contributed by atoms with Crippen molar-refractivity contribution in [2.45, 2.75) is 13.5 Å². The van der Waals surface area contributed by atoms with E-state index in [9.17, 15) is 9.90 Å². The Bertz CT molecular complexity index is 1230. The Hall–Kier alpha value is -3.73. The monoisotopic (exact) mass is 369 g/mol. The molecule has 0 aliphatic heterocycles. The number of benzene rings is 2. The summed E-state index contributed by atoms with van der Waals surface area (Å²) < 4.78 is 1.33. The topological polar surface area (TPSA) is 67.5 Å². The summed E-state index contributed by atoms with van der Waals surface area (Å²) in [4.78, 5) is 21.8. The van der Waals surface area contributed by atoms with Gasteiger partial charge in [0.05, 0.1) is 23.5 Å². The van der Waals surface area contributed by atoms with Crippen LogP contribution in [0.5, 0.6) is 5.88 Å². The first-order valence-electron chi connectivity index (χ1n) is 8.98. The predicted octanol–water partition coefficient (Wildman–Crippen LogP) is 4.02. The second-order valence-corrected chi connectivity index (χ2v) is 6.55. The molecule has 0 amide bonds. The maximum Gasteiger partial charge on any atom is 0.265 e. The van der Waals surface area contributed by atoms with Crippen molar-refractivity contribution in [1.29, 1.82) is 0 Å². The second kappa shape index (κ2) is 7.48. The quantitative estimate of drug-likeness (QED) is 0.553. The first-order chi connectivity index (χ1) is 13.6. The van der Waals surface area contributed by atoms with Gasteiger partial charge in [0.15, 0.2) is 0 Å². The molecule has 2 aromatic heterocycles. The zero-order valence-electron chi connectivity index (χ0n) is 15.4. The van der Waals surface area contributed by atoms with Gasteiger partial charge < -0.3 is 5.11 Å². The van der Waals surface area contributed by atoms with Gasteiger partial charge in [0.25, 0.3) is 5.56 Å². The van der Waals surface area contributed by atoms with E-state index in [-0.39, 0.29) is 11.4 Å². The van der Waals surface area contributed by atoms with Crippen molar-refractivity contribution in [3.63, 3.8) is 0 Å². The van der Waals surface area contributed by atoms with E-state index < -0.39 is 0 Å². The van der Waals surface area contributed by atoms with Gasteiger partial charge in [-0.3, -0.25) is 14.8 Å². The Labute approximate surface area is 162 Å². The highest BCUT2D eigenvalue weighted by Gasteiger charge is 2.16. The number of fused-ring (bicyclic) bond motifs is 1. The van der Waals surface area contributed by atoms with Crippen LogP contribution in [-0.4, -0.2) is 20.9 Å². The molecule has 0 unspecified atom stereocenters. The smallest absolute Gasteiger partial charge is 0.265 e. The second-order valence-electron chi connectivity index (χ2n) is 6.55. The molecule has 0 saturated carbocycles. The van der Waals surface area contributed by atoms with Crippen molar-refractivity contribution in [3.8, 4) is 11.6 Å². The van der Waals surface area contributed by atoms with Gasteiger partial charge in [0.1, 0.15) is 0 Å². The fourth-order valence-electron chi connectivity index (χ4n) is 3.22. The molecule has 2 heterocycles. The molecule has 0 saturated heterocycles. The third-order valence-electron chi connectivity index (χ3n) is 4.56. The van der Waals surface area contributed by atoms with Gasteiger partial charge in [-0.05, 0) is 42.8 Å². The first kappa shape index (κ1) is 17.7. The molecule has 0 spiro atoms. The molecule has 1 N–H and O–H groups in total. The summed E-state index contributed by atoms with van der Waals surface area (Å²) in [6.07, 6.45) is 3.33. The molecule has 0 radical (unpaired) electrons. The van der Waals surface area contributed by atoms with Crippen molar-refractivity contribution in [2.75, 3.05) is 0 Å². The molecule has 0 bridgehead atoms. The van der Waals surface area contributed by atoms with Gasteiger partial charge in [-0.25, -0.2) is 4.57 Å². The molecule has 5 nitrogen and oxygen atoms in total. The van der Waals surface area contributed by atoms with Crippen LogP contribution < -0.4 is 5.56 Å². The summed E-state index contributed by atoms with van der Waals surface area (Å²) in [5, 5.41) is 12.2. The van der Waals surface area contributed by atoms with E-state index in [1.165, 1.54) is 4.57 Å². The Kier molecular flexibility index (Phi) is 4.72. The average molecular weight is 369 g/mol. The zero-order chi connectivity index (χ0) is 19.5. The lowest BCUT2D eigenvalue weighted by atomic mass is 10.1. The third kappa shape index (κ3) is 3.30. The summed E-state index contributed by atoms with van der Waals surface area (Å²) in [5.41, 5.74) is 2.69. The van der Waals surface area contributed by atoms with E-state index >= 15 is 0 Å². The maximum absolute atomic E-state index is 13.1. The van der Waals surface area contributed by atoms with Crippen LogP contribution in [0, 0.1) is 6.92 Å². The molecule has 138 valence electrons. The largest absolute Gasteiger partial charge is 0.494 e. The number of aromatic nitrogens is 2. The number of hydrogen-bond acceptors (Lipinski definition) is 4. The molecule has 0 atom stereocenters. The van der Waals surface area contributed by atoms with Crippen LogP contribution in [-0.2, 0) is 6.54 Å². The summed E-state index contributed by atoms with van der Waals surface area (Å²) in [6.45, 7) is 2.33. The van der Waals surface area contributed by atoms with Crippen LogP contribution in [0.1, 0.15) is 16.8 Å². The van der Waals surface area contributed by atoms with Crippen molar-refractivity contribution in [2.24, 2.45) is 4.99 Å². The van der Waals surface area contributed by atoms with Gasteiger partial charge in [0, 0.05) is 23.2 Å². The van der Waals surface area contributed by atoms with Crippen LogP contribution in [0.4, 0.5) is 0 Å². The standard InChI is InChI=1S/C23H19N3O2/c1-16-7-6-9-18(13-16)26-22(27)20-11-3-2-10-19(20)21(23(26)28)15-24-14-17-8-4-5-12-25-17/h2-13,15,28H,14H2,1H3. The Morgan fingerprint density at radius 1 is 1.04 bits per heavy atom. The minimum Gasteiger partial charge on any atom is -0.494 e. The number of aryl methyl sites for hydroxylation is 1. The van der Waals surface area contributed by atoms with Crippen molar-refractivity contribution < 1.29 is 5.11 Å². The number of aliphatic imine (C=N–C) groups is 1. The molecule has 4 rings (SSSR count). The van der Waals surface area contributed by atoms with E-state index in [1.807, 2.05) is 61.5 Å². The van der Waals surface area contributed by atoms with E-state index in [4.69, 9.17) is 0 Å². The van der Waals surface area contributed by atoms with Gasteiger partial charge >= 0.3 is 0 Å². The fraction of sp³-hybridized carbons (Fsp3) is 0.0870. The van der Waals surface area contributed by atoms with Crippen LogP contribution >= 0.6 is 0 Å². The lowest BCUT2D eigenvalue weighted by Crippen LogP contribution is -2.20. The lowest BCUT2D eigenvalue weighted by Gasteiger charge is -2.14. The number of rotatable bonds is 4. The van der Waals surface area contributed by atoms with Crippen LogP contribution in [0.3, 0.4) is 0 Å². The van der Waals surface area contributed by atoms with Gasteiger partial charge in [-0.1, -0.05) is 36.4 Å². The van der Waals surface area contributed by atoms with Crippen LogP contribution in [0.15, 0.2) is 82.7 Å². The fourth-order valence-corrected chi connectivity index (χ4v) is 3.22. The normalized spacial score (nSPS) is 11.3. The number of hydrogen-bond donors (Lipinski definition) is 1. The first-order valence-corrected chi connectivity index (χ1v) is 8.98. The average Bonchev–Trinajstić information content (AvgIpc) is 2.71. The third-order valence-corrected chi connectivity index (χ3v) is 4.56. The number of nitrogens with zero attached hydrogens (tertiary/aromatic N) is 3. The minimum absolute atomic E-state index is 0.126. The summed E-state index contributed by atoms with van der Waals surface area (Å²) >= 11 is 0. The molecule has 4 aromatic rings. The molecule has 28 heavy (non-hydrogen) atoms. The molecule has 0 aliphatic carbocycles. The zero-order valence-corrected chi connectivity index (χ0v) is 15.4. The summed E-state index contributed by atoms with van der Waals surface area (Å²) in [5.74, 6) is -0.126. The number of aromatic hydroxyl groups is 1. The molecule has 2 aromatic carbocycles. The lowest BCUT2D eigenvalue weighted by molar-refractivity contribution is 0.436. The molecular formula is C23H19N3O2. The highest BCUT2D eigenvalue weighted by molar-refractivity contribution is 6.01. The van der Waals surface area contributed by atoms with Gasteiger partial charge in [-0.2, -0.15) is 0 Å². The SMILES string of the molecule is Cc1cccc(-n2c(O)c(C=NCc3ccccn3)c3ccccc3c2=O)c1. The molecule has 0 aliphatic rings. The predicted molar refractivity (Wildman–Crippen MR) is 111 cm³/mol. The van der Waals surface area contributed by atoms with Crippen molar-refractivity contribution >= 4 is 17.0 Å². The maximum atomic E-state index is 13.1. The van der Waals surface area contributed by atoms with Crippen LogP contribution in [0.25, 0.3) is 16.5 Å². The van der Waals surface area contributed by atoms with E-state index in [0.717, 1.165) is 11.3 Å². The number of pyridine rings is 2. The Morgan fingerprint density at radius 3 is 2.57 bits per heavy atom. The van der Waals surface area contributed by atoms with E-state index in [0.29, 0.717) is 28.6 Å². The Balaban J connectivity index is 1.89. The summed E-state index contributed by atoms with van der Waals surface area (Å²) in [7, 11) is 0. The minimum atomic E-state index is -0.263. The summed E-state index contributed by atoms with van der Waals surface area (Å²) in [6, 6.07) is 20.4. The molecular weight excluding hydrogens is 350 g/mol. The van der Waals surface area contributed by atoms with Crippen LogP contribution in [0.2, 0.25) is 0 Å². The Morgan fingerprint density at radius 2 is 1.82 bits per heavy atom. The highest BCUT2D eigenvalue weighted by Crippen LogP contribution is 2.26. The van der Waals surface area contributed by atoms with E-state index in [2.05, 4.69) is 9.98 Å². The van der Waals surface area contributed by atoms with E-state index in [1.54, 1.807) is 24.5 Å². The van der Waals surface area contributed by atoms with Gasteiger partial charge in [0.2, 0.25) is 5.88 Å². The molecule has 5 heteroatoms. The van der Waals surface area contributed by atoms with Crippen molar-refractivity contribution in [1.82, 2.24) is 9.55 Å². The molecule has 0 fully saturated rings. The highest BCUT2D eigenvalue weighted by atomic mass is 16.3. The van der Waals surface area contributed by atoms with Crippen molar-refractivity contribution in [3.05, 3.63) is 100 Å². The van der Waals surface area contributed by atoms with Gasteiger partial charge in [-0.15, -0.1) is 0 Å².